The van der Waals surface area contributed by atoms with Crippen molar-refractivity contribution in [2.75, 3.05) is 86.8 Å². The molecule has 0 bridgehead atoms. The number of primary sulfonamides is 1. The number of hydrogen-bond donors (Lipinski definition) is 5. The minimum Gasteiger partial charge on any atom is -0.477 e. The van der Waals surface area contributed by atoms with Crippen LogP contribution in [-0.4, -0.2) is 156 Å². The number of ether oxygens (including phenoxy) is 1. The molecule has 22 heteroatoms. The number of aliphatic hydroxyl groups is 3. The first kappa shape index (κ1) is 57.3. The van der Waals surface area contributed by atoms with Crippen molar-refractivity contribution in [3.05, 3.63) is 95.6 Å². The van der Waals surface area contributed by atoms with E-state index < -0.39 is 37.4 Å². The number of fused-ring (bicyclic) bond motifs is 2. The van der Waals surface area contributed by atoms with E-state index in [4.69, 9.17) is 30.1 Å². The van der Waals surface area contributed by atoms with Crippen LogP contribution in [-0.2, 0) is 24.6 Å². The number of nitrogens with two attached hydrogens (primary N) is 1. The zero-order valence-corrected chi connectivity index (χ0v) is 45.5. The molecule has 0 atom stereocenters. The molecule has 0 amide bonds. The Morgan fingerprint density at radius 3 is 1.49 bits per heavy atom. The smallest absolute Gasteiger partial charge is 0.354 e. The molecule has 6 heterocycles. The number of methoxy groups -OCH3 is 1. The molecule has 2 aliphatic heterocycles. The van der Waals surface area contributed by atoms with Crippen LogP contribution < -0.4 is 14.9 Å². The number of anilines is 2. The van der Waals surface area contributed by atoms with Crippen LogP contribution in [0.2, 0.25) is 0 Å². The third-order valence-electron chi connectivity index (χ3n) is 15.2. The molecule has 0 unspecified atom stereocenters. The summed E-state index contributed by atoms with van der Waals surface area (Å²) < 4.78 is 54.2. The molecule has 6 N–H and O–H groups in total. The van der Waals surface area contributed by atoms with Gasteiger partial charge in [-0.1, -0.05) is 49.2 Å². The first-order chi connectivity index (χ1) is 37.1. The number of rotatable bonds is 20. The molecule has 2 aliphatic carbocycles. The predicted molar refractivity (Wildman–Crippen MR) is 296 cm³/mol. The second kappa shape index (κ2) is 26.2. The summed E-state index contributed by atoms with van der Waals surface area (Å²) in [5.41, 5.74) is 7.04. The Labute approximate surface area is 450 Å². The monoisotopic (exact) mass is 1100 g/mol. The van der Waals surface area contributed by atoms with Crippen molar-refractivity contribution in [2.24, 2.45) is 17.0 Å². The number of aromatic nitrogens is 6. The molecule has 6 aromatic rings. The normalized spacial score (nSPS) is 16.8. The summed E-state index contributed by atoms with van der Waals surface area (Å²) in [6, 6.07) is 23.1. The quantitative estimate of drug-likeness (QED) is 0.0534. The number of carboxylic acid groups (broad SMARTS) is 1. The topological polar surface area (TPSA) is 286 Å². The summed E-state index contributed by atoms with van der Waals surface area (Å²) in [5.74, 6) is -0.820. The number of aromatic carboxylic acids is 1. The summed E-state index contributed by atoms with van der Waals surface area (Å²) in [6.07, 6.45) is 11.8. The maximum Gasteiger partial charge on any atom is 0.354 e. The summed E-state index contributed by atoms with van der Waals surface area (Å²) >= 11 is 0. The van der Waals surface area contributed by atoms with Gasteiger partial charge in [-0.05, 0) is 119 Å². The molecule has 2 saturated heterocycles. The van der Waals surface area contributed by atoms with Gasteiger partial charge in [-0.15, -0.1) is 0 Å². The molecule has 0 spiro atoms. The van der Waals surface area contributed by atoms with E-state index in [2.05, 4.69) is 19.9 Å². The predicted octanol–water partition coefficient (Wildman–Crippen LogP) is 6.17. The first-order valence-electron chi connectivity index (χ1n) is 26.9. The lowest BCUT2D eigenvalue weighted by molar-refractivity contribution is 0.0690. The number of carbonyl (C=O) groups is 2. The van der Waals surface area contributed by atoms with Crippen molar-refractivity contribution >= 4 is 65.1 Å². The van der Waals surface area contributed by atoms with Crippen LogP contribution in [0.25, 0.3) is 33.4 Å². The summed E-state index contributed by atoms with van der Waals surface area (Å²) in [5, 5.41) is 52.9. The number of pyridine rings is 2. The van der Waals surface area contributed by atoms with Crippen LogP contribution in [0.3, 0.4) is 0 Å². The highest BCUT2D eigenvalue weighted by Crippen LogP contribution is 2.45. The Morgan fingerprint density at radius 1 is 0.636 bits per heavy atom. The molecule has 20 nitrogen and oxygen atoms in total. The van der Waals surface area contributed by atoms with Crippen molar-refractivity contribution in [2.45, 2.75) is 95.3 Å². The number of hydrogen-bond acceptors (Lipinski definition) is 16. The van der Waals surface area contributed by atoms with E-state index in [1.807, 2.05) is 65.3 Å². The molecule has 4 aliphatic rings. The van der Waals surface area contributed by atoms with Crippen LogP contribution in [0.15, 0.2) is 72.8 Å². The third-order valence-corrected chi connectivity index (χ3v) is 17.7. The Bertz CT molecular complexity index is 3170. The van der Waals surface area contributed by atoms with E-state index in [1.165, 1.54) is 6.42 Å². The van der Waals surface area contributed by atoms with Gasteiger partial charge < -0.3 is 35.0 Å². The van der Waals surface area contributed by atoms with Gasteiger partial charge in [0.05, 0.1) is 56.4 Å². The van der Waals surface area contributed by atoms with Gasteiger partial charge in [0.1, 0.15) is 11.4 Å². The van der Waals surface area contributed by atoms with Crippen LogP contribution in [0.5, 0.6) is 0 Å². The first-order valence-corrected chi connectivity index (χ1v) is 30.4. The maximum absolute atomic E-state index is 13.3. The van der Waals surface area contributed by atoms with E-state index in [-0.39, 0.29) is 55.6 Å². The highest BCUT2D eigenvalue weighted by Gasteiger charge is 2.34. The number of carboxylic acids is 1. The second-order valence-electron chi connectivity index (χ2n) is 20.6. The lowest BCUT2D eigenvalue weighted by Gasteiger charge is -2.34. The molecule has 416 valence electrons. The summed E-state index contributed by atoms with van der Waals surface area (Å²) in [7, 11) is -5.27. The van der Waals surface area contributed by atoms with Gasteiger partial charge in [-0.25, -0.2) is 46.1 Å². The maximum atomic E-state index is 13.3. The second-order valence-corrected chi connectivity index (χ2v) is 24.6. The SMILES string of the molecule is COCC1CCN(c2cc(C(=O)O)nc3c2c(C2CCC2)nn3-c2ccccc2)CC1.NS(=O)(=O)CCCO.O=C(CS(=O)(=O)CCCO)c1cc(N2CCC(CCO)CC2)c2c(C3CCC3)nn(-c3ccccc3)c2n1. The third kappa shape index (κ3) is 14.2. The fourth-order valence-corrected chi connectivity index (χ4v) is 12.3. The Hall–Kier alpha value is -5.88. The number of piperidine rings is 2. The van der Waals surface area contributed by atoms with Gasteiger partial charge in [-0.2, -0.15) is 10.2 Å². The molecule has 2 aromatic carbocycles. The highest BCUT2D eigenvalue weighted by molar-refractivity contribution is 7.92. The van der Waals surface area contributed by atoms with E-state index >= 15 is 0 Å². The number of para-hydroxylation sites is 2. The van der Waals surface area contributed by atoms with Crippen molar-refractivity contribution in [1.82, 2.24) is 29.5 Å². The van der Waals surface area contributed by atoms with Crippen molar-refractivity contribution in [3.63, 3.8) is 0 Å². The van der Waals surface area contributed by atoms with Gasteiger partial charge in [-0.3, -0.25) is 4.79 Å². The van der Waals surface area contributed by atoms with Gasteiger partial charge in [0, 0.05) is 71.6 Å². The molecular formula is C55H73N9O11S2. The summed E-state index contributed by atoms with van der Waals surface area (Å²) in [4.78, 5) is 39.2. The molecular weight excluding hydrogens is 1030 g/mol. The van der Waals surface area contributed by atoms with Crippen LogP contribution in [0.4, 0.5) is 11.4 Å². The van der Waals surface area contributed by atoms with Gasteiger partial charge in [0.25, 0.3) is 0 Å². The number of carbonyl (C=O) groups excluding carboxylic acids is 1. The summed E-state index contributed by atoms with van der Waals surface area (Å²) in [6.45, 7) is 3.92. The number of aliphatic hydroxyl groups excluding tert-OH is 3. The van der Waals surface area contributed by atoms with Crippen molar-refractivity contribution < 1.29 is 51.6 Å². The standard InChI is InChI=1S/C28H36N4O5S.C24H28N4O3.C3H9NO3S/c33-15-5-17-38(36,37)19-25(35)23-18-24(31-13-10-20(11-14-31)12-16-34)26-27(21-6-4-7-21)30-32(28(26)29-23)22-8-2-1-3-9-22;1-31-15-16-10-12-27(13-11-16)20-14-19(24(29)30)25-23-21(20)22(17-6-5-7-17)26-28(23)18-8-3-2-4-9-18;4-8(6,7)3-1-2-5/h1-3,8-9,18,20-21,33-34H,4-7,10-17,19H2;2-4,8-9,14,16-17H,5-7,10-13,15H2,1H3,(H,29,30);5H,1-3H2,(H2,4,6,7). The Kier molecular flexibility index (Phi) is 19.5. The highest BCUT2D eigenvalue weighted by atomic mass is 32.2. The molecule has 2 saturated carbocycles. The molecule has 4 fully saturated rings. The van der Waals surface area contributed by atoms with E-state index in [0.717, 1.165) is 142 Å². The Morgan fingerprint density at radius 2 is 1.09 bits per heavy atom. The van der Waals surface area contributed by atoms with E-state index in [1.54, 1.807) is 23.9 Å². The zero-order valence-electron chi connectivity index (χ0n) is 43.8. The van der Waals surface area contributed by atoms with E-state index in [9.17, 15) is 36.6 Å². The molecule has 0 radical (unpaired) electrons. The fourth-order valence-electron chi connectivity index (χ4n) is 10.5. The van der Waals surface area contributed by atoms with Crippen molar-refractivity contribution in [1.29, 1.82) is 0 Å². The number of benzene rings is 2. The van der Waals surface area contributed by atoms with E-state index in [0.29, 0.717) is 35.0 Å². The van der Waals surface area contributed by atoms with Gasteiger partial charge >= 0.3 is 5.97 Å². The van der Waals surface area contributed by atoms with Crippen LogP contribution in [0.1, 0.15) is 128 Å². The zero-order chi connectivity index (χ0) is 54.7. The average Bonchev–Trinajstić information content (AvgIpc) is 3.97. The number of Topliss-reactive ketones (excluding diaryl/α,β-unsaturated/α-hetero) is 1. The Balaban J connectivity index is 0.000000181. The minimum atomic E-state index is -3.67. The minimum absolute atomic E-state index is 0.0683. The lowest BCUT2D eigenvalue weighted by Crippen LogP contribution is -2.35. The molecule has 10 rings (SSSR count). The van der Waals surface area contributed by atoms with Gasteiger partial charge in [0.15, 0.2) is 32.6 Å². The van der Waals surface area contributed by atoms with Crippen molar-refractivity contribution in [3.8, 4) is 11.4 Å². The fraction of sp³-hybridized carbons (Fsp3) is 0.527. The largest absolute Gasteiger partial charge is 0.477 e. The van der Waals surface area contributed by atoms with Crippen LogP contribution >= 0.6 is 0 Å². The number of ketones is 1. The lowest BCUT2D eigenvalue weighted by atomic mass is 9.81. The number of sulfone groups is 1. The van der Waals surface area contributed by atoms with Crippen LogP contribution in [0, 0.1) is 11.8 Å². The average molecular weight is 1100 g/mol. The number of nitrogens with zero attached hydrogens (tertiary/aromatic N) is 8. The molecule has 77 heavy (non-hydrogen) atoms. The van der Waals surface area contributed by atoms with Gasteiger partial charge in [0.2, 0.25) is 10.0 Å². The number of sulfonamides is 1. The molecule has 4 aromatic heterocycles.